The van der Waals surface area contributed by atoms with Crippen LogP contribution < -0.4 is 4.72 Å². The molecule has 2 aromatic rings. The SMILES string of the molecule is Cc1ccc(C)c(NS(=O)(=O)c2cccc(C(=O)O)c2)c1. The lowest BCUT2D eigenvalue weighted by molar-refractivity contribution is 0.0696. The van der Waals surface area contributed by atoms with Gasteiger partial charge in [-0.05, 0) is 49.2 Å². The second kappa shape index (κ2) is 5.57. The largest absolute Gasteiger partial charge is 0.478 e. The first-order valence-corrected chi connectivity index (χ1v) is 7.71. The minimum atomic E-state index is -3.82. The Morgan fingerprint density at radius 2 is 1.81 bits per heavy atom. The number of carboxylic acids is 1. The maximum atomic E-state index is 12.3. The van der Waals surface area contributed by atoms with Crippen LogP contribution in [0, 0.1) is 13.8 Å². The number of rotatable bonds is 4. The van der Waals surface area contributed by atoms with E-state index in [-0.39, 0.29) is 10.5 Å². The Hall–Kier alpha value is -2.34. The highest BCUT2D eigenvalue weighted by molar-refractivity contribution is 7.92. The van der Waals surface area contributed by atoms with Crippen LogP contribution in [0.4, 0.5) is 5.69 Å². The molecule has 0 bridgehead atoms. The first-order chi connectivity index (χ1) is 9.79. The summed E-state index contributed by atoms with van der Waals surface area (Å²) in [4.78, 5) is 10.8. The van der Waals surface area contributed by atoms with E-state index in [1.54, 1.807) is 13.0 Å². The molecule has 2 aromatic carbocycles. The lowest BCUT2D eigenvalue weighted by Crippen LogP contribution is -2.14. The monoisotopic (exact) mass is 305 g/mol. The molecule has 0 aliphatic heterocycles. The minimum Gasteiger partial charge on any atom is -0.478 e. The van der Waals surface area contributed by atoms with Crippen LogP contribution in [-0.4, -0.2) is 19.5 Å². The Morgan fingerprint density at radius 3 is 2.48 bits per heavy atom. The fourth-order valence-corrected chi connectivity index (χ4v) is 3.01. The number of aromatic carboxylic acids is 1. The van der Waals surface area contributed by atoms with E-state index in [1.807, 2.05) is 19.1 Å². The predicted molar refractivity (Wildman–Crippen MR) is 80.1 cm³/mol. The van der Waals surface area contributed by atoms with Crippen LogP contribution in [0.15, 0.2) is 47.4 Å². The van der Waals surface area contributed by atoms with E-state index in [1.165, 1.54) is 18.2 Å². The van der Waals surface area contributed by atoms with Gasteiger partial charge in [-0.2, -0.15) is 0 Å². The van der Waals surface area contributed by atoms with Gasteiger partial charge in [0.05, 0.1) is 16.1 Å². The summed E-state index contributed by atoms with van der Waals surface area (Å²) >= 11 is 0. The maximum absolute atomic E-state index is 12.3. The number of anilines is 1. The summed E-state index contributed by atoms with van der Waals surface area (Å²) in [5.74, 6) is -1.17. The van der Waals surface area contributed by atoms with Gasteiger partial charge in [0.2, 0.25) is 0 Å². The first-order valence-electron chi connectivity index (χ1n) is 6.23. The van der Waals surface area contributed by atoms with Gasteiger partial charge < -0.3 is 5.11 Å². The van der Waals surface area contributed by atoms with Crippen molar-refractivity contribution in [2.24, 2.45) is 0 Å². The summed E-state index contributed by atoms with van der Waals surface area (Å²) < 4.78 is 27.2. The van der Waals surface area contributed by atoms with Crippen molar-refractivity contribution in [3.05, 3.63) is 59.2 Å². The summed E-state index contributed by atoms with van der Waals surface area (Å²) in [6.07, 6.45) is 0. The molecule has 0 spiro atoms. The molecule has 0 radical (unpaired) electrons. The first kappa shape index (κ1) is 15.1. The van der Waals surface area contributed by atoms with E-state index in [4.69, 9.17) is 5.11 Å². The minimum absolute atomic E-state index is 0.0705. The third kappa shape index (κ3) is 3.41. The highest BCUT2D eigenvalue weighted by atomic mass is 32.2. The van der Waals surface area contributed by atoms with Crippen molar-refractivity contribution in [1.29, 1.82) is 0 Å². The van der Waals surface area contributed by atoms with E-state index in [0.29, 0.717) is 5.69 Å². The zero-order valence-electron chi connectivity index (χ0n) is 11.6. The van der Waals surface area contributed by atoms with Crippen LogP contribution in [0.3, 0.4) is 0 Å². The number of aryl methyl sites for hydroxylation is 2. The van der Waals surface area contributed by atoms with Crippen molar-refractivity contribution >= 4 is 21.7 Å². The van der Waals surface area contributed by atoms with Gasteiger partial charge in [0, 0.05) is 0 Å². The molecule has 5 nitrogen and oxygen atoms in total. The molecular weight excluding hydrogens is 290 g/mol. The average Bonchev–Trinajstić information content (AvgIpc) is 2.43. The summed E-state index contributed by atoms with van der Waals surface area (Å²) in [5.41, 5.74) is 2.13. The molecule has 6 heteroatoms. The van der Waals surface area contributed by atoms with E-state index >= 15 is 0 Å². The Labute approximate surface area is 123 Å². The standard InChI is InChI=1S/C15H15NO4S/c1-10-6-7-11(2)14(8-10)16-21(19,20)13-5-3-4-12(9-13)15(17)18/h3-9,16H,1-2H3,(H,17,18). The van der Waals surface area contributed by atoms with E-state index in [0.717, 1.165) is 17.2 Å². The Kier molecular flexibility index (Phi) is 3.99. The lowest BCUT2D eigenvalue weighted by atomic mass is 10.1. The highest BCUT2D eigenvalue weighted by Gasteiger charge is 2.17. The van der Waals surface area contributed by atoms with E-state index < -0.39 is 16.0 Å². The van der Waals surface area contributed by atoms with Crippen molar-refractivity contribution < 1.29 is 18.3 Å². The van der Waals surface area contributed by atoms with E-state index in [9.17, 15) is 13.2 Å². The smallest absolute Gasteiger partial charge is 0.335 e. The van der Waals surface area contributed by atoms with Gasteiger partial charge in [-0.15, -0.1) is 0 Å². The molecule has 0 atom stereocenters. The number of hydrogen-bond donors (Lipinski definition) is 2. The molecule has 0 saturated carbocycles. The molecule has 0 saturated heterocycles. The number of sulfonamides is 1. The Bertz CT molecular complexity index is 797. The van der Waals surface area contributed by atoms with Crippen molar-refractivity contribution in [3.8, 4) is 0 Å². The third-order valence-corrected chi connectivity index (χ3v) is 4.39. The molecular formula is C15H15NO4S. The van der Waals surface area contributed by atoms with Crippen molar-refractivity contribution in [1.82, 2.24) is 0 Å². The van der Waals surface area contributed by atoms with Crippen LogP contribution in [-0.2, 0) is 10.0 Å². The second-order valence-corrected chi connectivity index (χ2v) is 6.44. The third-order valence-electron chi connectivity index (χ3n) is 3.03. The van der Waals surface area contributed by atoms with Crippen LogP contribution in [0.5, 0.6) is 0 Å². The normalized spacial score (nSPS) is 11.1. The van der Waals surface area contributed by atoms with Gasteiger partial charge in [0.25, 0.3) is 10.0 Å². The second-order valence-electron chi connectivity index (χ2n) is 4.76. The molecule has 110 valence electrons. The molecule has 0 unspecified atom stereocenters. The van der Waals surface area contributed by atoms with Crippen LogP contribution in [0.2, 0.25) is 0 Å². The van der Waals surface area contributed by atoms with Gasteiger partial charge in [-0.25, -0.2) is 13.2 Å². The highest BCUT2D eigenvalue weighted by Crippen LogP contribution is 2.21. The summed E-state index contributed by atoms with van der Waals surface area (Å²) in [7, 11) is -3.82. The van der Waals surface area contributed by atoms with Gasteiger partial charge in [-0.1, -0.05) is 18.2 Å². The summed E-state index contributed by atoms with van der Waals surface area (Å²) in [5, 5.41) is 8.93. The Balaban J connectivity index is 2.41. The predicted octanol–water partition coefficient (Wildman–Crippen LogP) is 2.80. The number of benzene rings is 2. The molecule has 0 aliphatic rings. The average molecular weight is 305 g/mol. The van der Waals surface area contributed by atoms with Crippen LogP contribution >= 0.6 is 0 Å². The fraction of sp³-hybridized carbons (Fsp3) is 0.133. The molecule has 0 aromatic heterocycles. The molecule has 2 N–H and O–H groups in total. The molecule has 0 aliphatic carbocycles. The quantitative estimate of drug-likeness (QED) is 0.909. The zero-order valence-corrected chi connectivity index (χ0v) is 12.4. The summed E-state index contributed by atoms with van der Waals surface area (Å²) in [6, 6.07) is 10.7. The molecule has 2 rings (SSSR count). The Morgan fingerprint density at radius 1 is 1.10 bits per heavy atom. The van der Waals surface area contributed by atoms with Gasteiger partial charge in [0.1, 0.15) is 0 Å². The zero-order chi connectivity index (χ0) is 15.6. The molecule has 0 fully saturated rings. The van der Waals surface area contributed by atoms with Crippen molar-refractivity contribution in [3.63, 3.8) is 0 Å². The van der Waals surface area contributed by atoms with Gasteiger partial charge >= 0.3 is 5.97 Å². The molecule has 21 heavy (non-hydrogen) atoms. The fourth-order valence-electron chi connectivity index (χ4n) is 1.85. The number of carbonyl (C=O) groups is 1. The van der Waals surface area contributed by atoms with Crippen molar-refractivity contribution in [2.75, 3.05) is 4.72 Å². The maximum Gasteiger partial charge on any atom is 0.335 e. The van der Waals surface area contributed by atoms with Gasteiger partial charge in [0.15, 0.2) is 0 Å². The lowest BCUT2D eigenvalue weighted by Gasteiger charge is -2.11. The number of hydrogen-bond acceptors (Lipinski definition) is 3. The van der Waals surface area contributed by atoms with Gasteiger partial charge in [-0.3, -0.25) is 4.72 Å². The summed E-state index contributed by atoms with van der Waals surface area (Å²) in [6.45, 7) is 3.66. The molecule has 0 amide bonds. The van der Waals surface area contributed by atoms with Crippen LogP contribution in [0.25, 0.3) is 0 Å². The number of nitrogens with one attached hydrogen (secondary N) is 1. The molecule has 0 heterocycles. The van der Waals surface area contributed by atoms with Crippen LogP contribution in [0.1, 0.15) is 21.5 Å². The topological polar surface area (TPSA) is 83.5 Å². The van der Waals surface area contributed by atoms with E-state index in [2.05, 4.69) is 4.72 Å². The number of carboxylic acid groups (broad SMARTS) is 1. The van der Waals surface area contributed by atoms with Crippen molar-refractivity contribution in [2.45, 2.75) is 18.7 Å².